The first kappa shape index (κ1) is 15.0. The molecular weight excluding hydrogens is 349 g/mol. The van der Waals surface area contributed by atoms with E-state index in [0.717, 1.165) is 4.47 Å². The number of anilines is 1. The number of rotatable bonds is 4. The second kappa shape index (κ2) is 6.37. The topological polar surface area (TPSA) is 46.9 Å². The lowest BCUT2D eigenvalue weighted by atomic mass is 10.2. The van der Waals surface area contributed by atoms with E-state index in [1.165, 1.54) is 16.9 Å². The first-order valence-electron chi connectivity index (χ1n) is 5.96. The number of nitrogens with zero attached hydrogens (tertiary/aromatic N) is 2. The Morgan fingerprint density at radius 3 is 2.95 bits per heavy atom. The monoisotopic (exact) mass is 359 g/mol. The molecular formula is C13H12BrClFN3O. The summed E-state index contributed by atoms with van der Waals surface area (Å²) in [6.07, 6.45) is 1.46. The van der Waals surface area contributed by atoms with Crippen molar-refractivity contribution in [3.8, 4) is 0 Å². The molecule has 4 nitrogen and oxygen atoms in total. The van der Waals surface area contributed by atoms with Crippen LogP contribution in [-0.4, -0.2) is 9.78 Å². The highest BCUT2D eigenvalue weighted by Crippen LogP contribution is 2.19. The smallest absolute Gasteiger partial charge is 0.287 e. The number of aromatic nitrogens is 2. The van der Waals surface area contributed by atoms with Crippen molar-refractivity contribution in [2.45, 2.75) is 20.0 Å². The minimum atomic E-state index is -0.367. The molecule has 106 valence electrons. The Kier molecular flexibility index (Phi) is 4.77. The van der Waals surface area contributed by atoms with Crippen molar-refractivity contribution in [1.29, 1.82) is 0 Å². The van der Waals surface area contributed by atoms with Gasteiger partial charge in [0, 0.05) is 23.1 Å². The van der Waals surface area contributed by atoms with Crippen molar-refractivity contribution in [1.82, 2.24) is 9.78 Å². The highest BCUT2D eigenvalue weighted by atomic mass is 79.9. The molecule has 7 heteroatoms. The molecule has 0 amide bonds. The van der Waals surface area contributed by atoms with Gasteiger partial charge in [-0.05, 0) is 25.1 Å². The first-order chi connectivity index (χ1) is 9.52. The molecule has 2 rings (SSSR count). The summed E-state index contributed by atoms with van der Waals surface area (Å²) >= 11 is 9.26. The Hall–Kier alpha value is -1.40. The second-order valence-corrected chi connectivity index (χ2v) is 5.38. The largest absolute Gasteiger partial charge is 0.378 e. The minimum absolute atomic E-state index is 0.0530. The van der Waals surface area contributed by atoms with E-state index in [2.05, 4.69) is 26.3 Å². The van der Waals surface area contributed by atoms with E-state index in [9.17, 15) is 9.18 Å². The third-order valence-electron chi connectivity index (χ3n) is 2.76. The number of hydrogen-bond acceptors (Lipinski definition) is 3. The number of halogens is 3. The Labute approximate surface area is 128 Å². The van der Waals surface area contributed by atoms with Crippen LogP contribution in [0.5, 0.6) is 0 Å². The third-order valence-corrected chi connectivity index (χ3v) is 3.62. The van der Waals surface area contributed by atoms with Crippen LogP contribution in [0.15, 0.2) is 33.7 Å². The van der Waals surface area contributed by atoms with Crippen LogP contribution < -0.4 is 10.9 Å². The van der Waals surface area contributed by atoms with Crippen molar-refractivity contribution in [3.05, 3.63) is 55.6 Å². The van der Waals surface area contributed by atoms with Gasteiger partial charge >= 0.3 is 0 Å². The summed E-state index contributed by atoms with van der Waals surface area (Å²) in [6, 6.07) is 4.66. The van der Waals surface area contributed by atoms with Crippen molar-refractivity contribution < 1.29 is 4.39 Å². The van der Waals surface area contributed by atoms with Gasteiger partial charge in [0.25, 0.3) is 5.56 Å². The zero-order valence-electron chi connectivity index (χ0n) is 10.7. The van der Waals surface area contributed by atoms with Crippen LogP contribution in [0.3, 0.4) is 0 Å². The minimum Gasteiger partial charge on any atom is -0.378 e. The van der Waals surface area contributed by atoms with Gasteiger partial charge in [0.2, 0.25) is 0 Å². The van der Waals surface area contributed by atoms with Crippen LogP contribution in [0.4, 0.5) is 10.1 Å². The second-order valence-electron chi connectivity index (χ2n) is 4.08. The Balaban J connectivity index is 2.21. The van der Waals surface area contributed by atoms with Crippen LogP contribution in [-0.2, 0) is 13.1 Å². The third kappa shape index (κ3) is 3.19. The van der Waals surface area contributed by atoms with Gasteiger partial charge in [0.05, 0.1) is 11.9 Å². The average Bonchev–Trinajstić information content (AvgIpc) is 2.44. The molecule has 0 spiro atoms. The molecule has 0 radical (unpaired) electrons. The van der Waals surface area contributed by atoms with Gasteiger partial charge in [-0.1, -0.05) is 27.5 Å². The Morgan fingerprint density at radius 2 is 2.25 bits per heavy atom. The van der Waals surface area contributed by atoms with Gasteiger partial charge in [0.1, 0.15) is 10.8 Å². The highest BCUT2D eigenvalue weighted by Gasteiger charge is 2.09. The normalized spacial score (nSPS) is 10.6. The highest BCUT2D eigenvalue weighted by molar-refractivity contribution is 9.10. The van der Waals surface area contributed by atoms with Crippen molar-refractivity contribution in [2.75, 3.05) is 5.32 Å². The summed E-state index contributed by atoms with van der Waals surface area (Å²) in [5.41, 5.74) is 0.490. The summed E-state index contributed by atoms with van der Waals surface area (Å²) in [7, 11) is 0. The van der Waals surface area contributed by atoms with Crippen LogP contribution in [0, 0.1) is 5.82 Å². The molecule has 0 aliphatic heterocycles. The first-order valence-corrected chi connectivity index (χ1v) is 7.13. The summed E-state index contributed by atoms with van der Waals surface area (Å²) in [4.78, 5) is 11.8. The number of nitrogens with one attached hydrogen (secondary N) is 1. The van der Waals surface area contributed by atoms with E-state index in [0.29, 0.717) is 17.8 Å². The van der Waals surface area contributed by atoms with Gasteiger partial charge in [-0.2, -0.15) is 5.10 Å². The number of aryl methyl sites for hydroxylation is 1. The lowest BCUT2D eigenvalue weighted by Gasteiger charge is -2.10. The van der Waals surface area contributed by atoms with Crippen LogP contribution in [0.1, 0.15) is 12.5 Å². The fraction of sp³-hybridized carbons (Fsp3) is 0.231. The quantitative estimate of drug-likeness (QED) is 0.908. The molecule has 1 aromatic heterocycles. The summed E-state index contributed by atoms with van der Waals surface area (Å²) in [5.74, 6) is -0.327. The van der Waals surface area contributed by atoms with Crippen LogP contribution in [0.25, 0.3) is 0 Å². The fourth-order valence-electron chi connectivity index (χ4n) is 1.68. The molecule has 1 aromatic carbocycles. The maximum Gasteiger partial charge on any atom is 0.287 e. The van der Waals surface area contributed by atoms with E-state index >= 15 is 0 Å². The molecule has 2 aromatic rings. The zero-order valence-corrected chi connectivity index (χ0v) is 13.0. The molecule has 0 fully saturated rings. The summed E-state index contributed by atoms with van der Waals surface area (Å²) in [6.45, 7) is 2.45. The van der Waals surface area contributed by atoms with E-state index < -0.39 is 0 Å². The van der Waals surface area contributed by atoms with E-state index in [-0.39, 0.29) is 22.9 Å². The molecule has 0 unspecified atom stereocenters. The molecule has 1 heterocycles. The lowest BCUT2D eigenvalue weighted by Crippen LogP contribution is -2.23. The van der Waals surface area contributed by atoms with Crippen LogP contribution >= 0.6 is 27.5 Å². The van der Waals surface area contributed by atoms with E-state index in [4.69, 9.17) is 11.6 Å². The van der Waals surface area contributed by atoms with Crippen molar-refractivity contribution in [2.24, 2.45) is 0 Å². The predicted octanol–water partition coefficient (Wildman–Crippen LogP) is 3.43. The lowest BCUT2D eigenvalue weighted by molar-refractivity contribution is 0.610. The van der Waals surface area contributed by atoms with Crippen molar-refractivity contribution >= 4 is 33.2 Å². The molecule has 0 bridgehead atoms. The van der Waals surface area contributed by atoms with Gasteiger partial charge in [0.15, 0.2) is 0 Å². The SMILES string of the molecule is CCn1ncc(NCc2cc(Br)ccc2F)c(Cl)c1=O. The van der Waals surface area contributed by atoms with Gasteiger partial charge < -0.3 is 5.32 Å². The standard InChI is InChI=1S/C13H12BrClFN3O/c1-2-19-13(20)12(15)11(7-18-19)17-6-8-5-9(14)3-4-10(8)16/h3-5,7,17H,2,6H2,1H3. The molecule has 1 N–H and O–H groups in total. The fourth-order valence-corrected chi connectivity index (χ4v) is 2.30. The Morgan fingerprint density at radius 1 is 1.50 bits per heavy atom. The molecule has 0 aliphatic carbocycles. The average molecular weight is 361 g/mol. The molecule has 20 heavy (non-hydrogen) atoms. The maximum atomic E-state index is 13.6. The van der Waals surface area contributed by atoms with E-state index in [1.807, 2.05) is 0 Å². The number of hydrogen-bond donors (Lipinski definition) is 1. The van der Waals surface area contributed by atoms with Gasteiger partial charge in [-0.15, -0.1) is 0 Å². The maximum absolute atomic E-state index is 13.6. The van der Waals surface area contributed by atoms with Crippen LogP contribution in [0.2, 0.25) is 5.02 Å². The van der Waals surface area contributed by atoms with Gasteiger partial charge in [-0.3, -0.25) is 4.79 Å². The summed E-state index contributed by atoms with van der Waals surface area (Å²) < 4.78 is 15.6. The number of benzene rings is 1. The molecule has 0 atom stereocenters. The van der Waals surface area contributed by atoms with E-state index in [1.54, 1.807) is 19.1 Å². The predicted molar refractivity (Wildman–Crippen MR) is 80.6 cm³/mol. The Bertz CT molecular complexity index is 690. The zero-order chi connectivity index (χ0) is 14.7. The van der Waals surface area contributed by atoms with Gasteiger partial charge in [-0.25, -0.2) is 9.07 Å². The summed E-state index contributed by atoms with van der Waals surface area (Å²) in [5, 5.41) is 6.94. The molecule has 0 saturated carbocycles. The molecule has 0 saturated heterocycles. The molecule has 0 aliphatic rings. The van der Waals surface area contributed by atoms with Crippen molar-refractivity contribution in [3.63, 3.8) is 0 Å².